The normalized spacial score (nSPS) is 16.4. The van der Waals surface area contributed by atoms with Crippen LogP contribution in [0, 0.1) is 31.0 Å². The molecule has 0 amide bonds. The fourth-order valence-corrected chi connectivity index (χ4v) is 6.74. The number of rotatable bonds is 9. The van der Waals surface area contributed by atoms with Gasteiger partial charge in [0, 0.05) is 42.4 Å². The first kappa shape index (κ1) is 30.9. The monoisotopic (exact) mass is 653 g/mol. The van der Waals surface area contributed by atoms with Crippen molar-refractivity contribution in [3.63, 3.8) is 0 Å². The Balaban J connectivity index is 1.00. The molecule has 1 saturated heterocycles. The van der Waals surface area contributed by atoms with Gasteiger partial charge in [-0.2, -0.15) is 10.4 Å². The maximum absolute atomic E-state index is 14.3. The van der Waals surface area contributed by atoms with Crippen LogP contribution in [0.3, 0.4) is 0 Å². The average Bonchev–Trinajstić information content (AvgIpc) is 3.65. The van der Waals surface area contributed by atoms with E-state index in [4.69, 9.17) is 24.7 Å². The zero-order chi connectivity index (χ0) is 33.5. The van der Waals surface area contributed by atoms with Crippen molar-refractivity contribution < 1.29 is 13.9 Å². The van der Waals surface area contributed by atoms with Crippen LogP contribution in [0.1, 0.15) is 46.7 Å². The molecule has 0 bridgehead atoms. The first-order valence-corrected chi connectivity index (χ1v) is 16.7. The lowest BCUT2D eigenvalue weighted by molar-refractivity contribution is -0.0591. The standard InChI is InChI=1S/C39H36FN7O2/c1-24-16-30(18-32-25(2)44-45-39(24)32)28-8-9-35-36(19-28)47(21-31-12-15-48-31)37(42-35)22-46-13-10-27(11-14-46)34-4-3-5-38(43-34)49-23-29-7-6-26(20-41)17-33(29)40/h3-10,16-19,31H,11-15,21-23H2,1-2H3,(H,44,45). The van der Waals surface area contributed by atoms with Gasteiger partial charge < -0.3 is 14.0 Å². The number of hydrogen-bond acceptors (Lipinski definition) is 7. The third kappa shape index (κ3) is 6.19. The van der Waals surface area contributed by atoms with Crippen LogP contribution in [-0.4, -0.2) is 55.4 Å². The minimum Gasteiger partial charge on any atom is -0.473 e. The molecular weight excluding hydrogens is 617 g/mol. The second-order valence-electron chi connectivity index (χ2n) is 12.9. The van der Waals surface area contributed by atoms with Crippen LogP contribution in [0.25, 0.3) is 38.6 Å². The second-order valence-corrected chi connectivity index (χ2v) is 12.9. The van der Waals surface area contributed by atoms with Gasteiger partial charge in [-0.3, -0.25) is 10.00 Å². The van der Waals surface area contributed by atoms with Crippen molar-refractivity contribution in [2.75, 3.05) is 19.7 Å². The van der Waals surface area contributed by atoms with Crippen LogP contribution in [0.15, 0.2) is 72.8 Å². The van der Waals surface area contributed by atoms with E-state index in [-0.39, 0.29) is 18.3 Å². The summed E-state index contributed by atoms with van der Waals surface area (Å²) in [6.07, 6.45) is 4.33. The number of pyridine rings is 1. The van der Waals surface area contributed by atoms with E-state index in [0.29, 0.717) is 11.4 Å². The van der Waals surface area contributed by atoms with Gasteiger partial charge in [0.2, 0.25) is 5.88 Å². The number of nitrogens with one attached hydrogen (secondary N) is 1. The zero-order valence-corrected chi connectivity index (χ0v) is 27.5. The third-order valence-corrected chi connectivity index (χ3v) is 9.65. The van der Waals surface area contributed by atoms with Crippen LogP contribution in [0.4, 0.5) is 4.39 Å². The van der Waals surface area contributed by atoms with Gasteiger partial charge in [0.1, 0.15) is 18.2 Å². The minimum absolute atomic E-state index is 0.0359. The molecule has 0 aliphatic carbocycles. The van der Waals surface area contributed by atoms with E-state index >= 15 is 0 Å². The fraction of sp³-hybridized carbons (Fsp3) is 0.282. The molecule has 1 atom stereocenters. The molecule has 1 N–H and O–H groups in total. The molecule has 0 spiro atoms. The number of nitriles is 1. The Morgan fingerprint density at radius 1 is 1.06 bits per heavy atom. The topological polar surface area (TPSA) is 105 Å². The molecule has 1 fully saturated rings. The summed E-state index contributed by atoms with van der Waals surface area (Å²) in [5.74, 6) is 1.02. The molecule has 0 radical (unpaired) electrons. The fourth-order valence-electron chi connectivity index (χ4n) is 6.74. The Morgan fingerprint density at radius 2 is 1.96 bits per heavy atom. The molecule has 3 aromatic heterocycles. The minimum atomic E-state index is -0.461. The third-order valence-electron chi connectivity index (χ3n) is 9.65. The summed E-state index contributed by atoms with van der Waals surface area (Å²) in [5, 5.41) is 17.8. The number of imidazole rings is 1. The van der Waals surface area contributed by atoms with Crippen molar-refractivity contribution in [3.8, 4) is 23.1 Å². The number of aromatic amines is 1. The first-order chi connectivity index (χ1) is 23.9. The highest BCUT2D eigenvalue weighted by Gasteiger charge is 2.24. The van der Waals surface area contributed by atoms with Crippen molar-refractivity contribution in [1.29, 1.82) is 5.26 Å². The lowest BCUT2D eigenvalue weighted by Gasteiger charge is -2.29. The van der Waals surface area contributed by atoms with Gasteiger partial charge in [-0.15, -0.1) is 0 Å². The summed E-state index contributed by atoms with van der Waals surface area (Å²) < 4.78 is 28.4. The molecule has 5 heterocycles. The van der Waals surface area contributed by atoms with E-state index < -0.39 is 5.82 Å². The van der Waals surface area contributed by atoms with E-state index in [2.05, 4.69) is 69.9 Å². The summed E-state index contributed by atoms with van der Waals surface area (Å²) >= 11 is 0. The van der Waals surface area contributed by atoms with Crippen molar-refractivity contribution in [3.05, 3.63) is 113 Å². The van der Waals surface area contributed by atoms with Gasteiger partial charge in [-0.25, -0.2) is 14.4 Å². The van der Waals surface area contributed by atoms with Gasteiger partial charge in [-0.1, -0.05) is 24.3 Å². The van der Waals surface area contributed by atoms with Crippen LogP contribution in [0.5, 0.6) is 5.88 Å². The Bertz CT molecular complexity index is 2280. The highest BCUT2D eigenvalue weighted by molar-refractivity contribution is 5.91. The molecule has 2 aliphatic rings. The lowest BCUT2D eigenvalue weighted by atomic mass is 9.99. The lowest BCUT2D eigenvalue weighted by Crippen LogP contribution is -2.33. The molecule has 2 aliphatic heterocycles. The number of hydrogen-bond donors (Lipinski definition) is 1. The predicted octanol–water partition coefficient (Wildman–Crippen LogP) is 7.26. The van der Waals surface area contributed by atoms with Crippen molar-refractivity contribution in [2.24, 2.45) is 0 Å². The smallest absolute Gasteiger partial charge is 0.214 e. The first-order valence-electron chi connectivity index (χ1n) is 16.7. The molecule has 10 heteroatoms. The van der Waals surface area contributed by atoms with Crippen molar-refractivity contribution in [2.45, 2.75) is 52.5 Å². The molecule has 0 saturated carbocycles. The number of aromatic nitrogens is 5. The SMILES string of the molecule is Cc1[nH]nc2c(C)cc(-c3ccc4nc(CN5CC=C(c6cccc(OCc7ccc(C#N)cc7F)n6)CC5)n(CC5CCO5)c4c3)cc12. The molecule has 1 unspecified atom stereocenters. The molecular formula is C39H36FN7O2. The number of benzene rings is 3. The molecule has 49 heavy (non-hydrogen) atoms. The molecule has 8 rings (SSSR count). The zero-order valence-electron chi connectivity index (χ0n) is 27.5. The number of ether oxygens (including phenoxy) is 2. The molecule has 9 nitrogen and oxygen atoms in total. The van der Waals surface area contributed by atoms with Crippen molar-refractivity contribution >= 4 is 27.5 Å². The predicted molar refractivity (Wildman–Crippen MR) is 186 cm³/mol. The van der Waals surface area contributed by atoms with Gasteiger partial charge in [0.25, 0.3) is 0 Å². The van der Waals surface area contributed by atoms with E-state index in [1.807, 2.05) is 18.2 Å². The quantitative estimate of drug-likeness (QED) is 0.175. The maximum atomic E-state index is 14.3. The average molecular weight is 654 g/mol. The van der Waals surface area contributed by atoms with Crippen LogP contribution < -0.4 is 4.74 Å². The number of fused-ring (bicyclic) bond motifs is 2. The molecule has 246 valence electrons. The molecule has 3 aromatic carbocycles. The summed E-state index contributed by atoms with van der Waals surface area (Å²) in [6.45, 7) is 8.18. The number of H-pyrrole nitrogens is 1. The van der Waals surface area contributed by atoms with Crippen molar-refractivity contribution in [1.82, 2.24) is 29.6 Å². The van der Waals surface area contributed by atoms with Crippen LogP contribution >= 0.6 is 0 Å². The summed E-state index contributed by atoms with van der Waals surface area (Å²) in [4.78, 5) is 12.3. The van der Waals surface area contributed by atoms with Gasteiger partial charge in [0.05, 0.1) is 53.1 Å². The van der Waals surface area contributed by atoms with Gasteiger partial charge in [-0.05, 0) is 91.4 Å². The van der Waals surface area contributed by atoms with E-state index in [0.717, 1.165) is 101 Å². The Morgan fingerprint density at radius 3 is 2.73 bits per heavy atom. The number of halogens is 1. The van der Waals surface area contributed by atoms with Gasteiger partial charge >= 0.3 is 0 Å². The Hall–Kier alpha value is -5.37. The highest BCUT2D eigenvalue weighted by atomic mass is 19.1. The van der Waals surface area contributed by atoms with E-state index in [9.17, 15) is 4.39 Å². The Kier molecular flexibility index (Phi) is 8.15. The van der Waals surface area contributed by atoms with Crippen LogP contribution in [0.2, 0.25) is 0 Å². The Labute approximate surface area is 283 Å². The molecule has 6 aromatic rings. The second kappa shape index (κ2) is 12.9. The largest absolute Gasteiger partial charge is 0.473 e. The van der Waals surface area contributed by atoms with Crippen LogP contribution in [-0.2, 0) is 24.4 Å². The maximum Gasteiger partial charge on any atom is 0.214 e. The number of nitrogens with zero attached hydrogens (tertiary/aromatic N) is 6. The van der Waals surface area contributed by atoms with Gasteiger partial charge in [0.15, 0.2) is 0 Å². The summed E-state index contributed by atoms with van der Waals surface area (Å²) in [5.41, 5.74) is 10.4. The van der Waals surface area contributed by atoms with E-state index in [1.165, 1.54) is 11.6 Å². The number of aryl methyl sites for hydroxylation is 2. The summed E-state index contributed by atoms with van der Waals surface area (Å²) in [6, 6.07) is 23.0. The van der Waals surface area contributed by atoms with E-state index in [1.54, 1.807) is 18.2 Å². The summed E-state index contributed by atoms with van der Waals surface area (Å²) in [7, 11) is 0. The highest BCUT2D eigenvalue weighted by Crippen LogP contribution is 2.32.